The minimum Gasteiger partial charge on any atom is -0.497 e. The highest BCUT2D eigenvalue weighted by atomic mass is 32.2. The maximum atomic E-state index is 11.4. The molecule has 0 amide bonds. The Balaban J connectivity index is 1.75. The zero-order valence-corrected chi connectivity index (χ0v) is 27.1. The quantitative estimate of drug-likeness (QED) is 0.184. The molecule has 0 bridgehead atoms. The number of aromatic nitrogens is 1. The number of allylic oxidation sites excluding steroid dienone is 2. The first-order chi connectivity index (χ1) is 19.8. The average Bonchev–Trinajstić information content (AvgIpc) is 3.42. The molecule has 42 heavy (non-hydrogen) atoms. The van der Waals surface area contributed by atoms with Gasteiger partial charge in [0.1, 0.15) is 16.2 Å². The van der Waals surface area contributed by atoms with Gasteiger partial charge in [-0.25, -0.2) is 0 Å². The summed E-state index contributed by atoms with van der Waals surface area (Å²) in [6.45, 7) is 4.78. The van der Waals surface area contributed by atoms with Crippen LogP contribution in [0.3, 0.4) is 0 Å². The van der Waals surface area contributed by atoms with Crippen molar-refractivity contribution in [2.45, 2.75) is 44.6 Å². The van der Waals surface area contributed by atoms with E-state index in [0.29, 0.717) is 25.3 Å². The normalized spacial score (nSPS) is 15.0. The lowest BCUT2D eigenvalue weighted by atomic mass is 10.1. The molecule has 0 saturated carbocycles. The Labute approximate surface area is 255 Å². The highest BCUT2D eigenvalue weighted by Crippen LogP contribution is 2.48. The Morgan fingerprint density at radius 2 is 1.74 bits per heavy atom. The molecule has 2 heterocycles. The molecule has 0 unspecified atom stereocenters. The maximum absolute atomic E-state index is 11.4. The van der Waals surface area contributed by atoms with E-state index in [1.807, 2.05) is 49.1 Å². The van der Waals surface area contributed by atoms with Crippen molar-refractivity contribution in [1.29, 1.82) is 0 Å². The predicted molar refractivity (Wildman–Crippen MR) is 168 cm³/mol. The van der Waals surface area contributed by atoms with Crippen LogP contribution in [0.25, 0.3) is 16.3 Å². The molecule has 0 radical (unpaired) electrons. The third-order valence-electron chi connectivity index (χ3n) is 6.78. The Bertz CT molecular complexity index is 1740. The number of rotatable bonds is 13. The second kappa shape index (κ2) is 13.3. The summed E-state index contributed by atoms with van der Waals surface area (Å²) in [6, 6.07) is 9.76. The highest BCUT2D eigenvalue weighted by Gasteiger charge is 2.27. The van der Waals surface area contributed by atoms with Crippen LogP contribution in [0.2, 0.25) is 0 Å². The molecule has 228 valence electrons. The van der Waals surface area contributed by atoms with Crippen LogP contribution < -0.4 is 18.9 Å². The number of fused-ring (bicyclic) bond motifs is 2. The van der Waals surface area contributed by atoms with Crippen LogP contribution in [0.4, 0.5) is 5.69 Å². The van der Waals surface area contributed by atoms with Crippen molar-refractivity contribution in [3.05, 3.63) is 57.6 Å². The standard InChI is InChI=1S/C28H34N2O8S4/c1-5-20(15-27-30(11-7-13-42(34,35)36)23-17-21(37-3)8-9-25(23)39-27)16-28-29(10-6-12-41(31,32)33)22-14-19(2)24(38-4)18-26(22)40-28/h8-9,14-18H,5-7,10-13H2,1-4H3,(H-,31,32,33,34,35,36)/p+1. The van der Waals surface area contributed by atoms with Gasteiger partial charge < -0.3 is 14.4 Å². The van der Waals surface area contributed by atoms with Crippen LogP contribution in [0, 0.1) is 6.92 Å². The summed E-state index contributed by atoms with van der Waals surface area (Å²) in [5.74, 6) is 0.768. The summed E-state index contributed by atoms with van der Waals surface area (Å²) in [5, 5.41) is 1.83. The van der Waals surface area contributed by atoms with Gasteiger partial charge >= 0.3 is 0 Å². The smallest absolute Gasteiger partial charge is 0.265 e. The molecule has 1 aromatic heterocycles. The monoisotopic (exact) mass is 655 g/mol. The summed E-state index contributed by atoms with van der Waals surface area (Å²) in [6.07, 6.45) is 5.34. The van der Waals surface area contributed by atoms with Crippen LogP contribution >= 0.6 is 23.1 Å². The molecule has 14 heteroatoms. The molecule has 0 saturated heterocycles. The fourth-order valence-electron chi connectivity index (χ4n) is 4.71. The van der Waals surface area contributed by atoms with Crippen LogP contribution in [-0.4, -0.2) is 58.2 Å². The van der Waals surface area contributed by atoms with Gasteiger partial charge in [-0.1, -0.05) is 30.0 Å². The summed E-state index contributed by atoms with van der Waals surface area (Å²) in [5.41, 5.74) is 3.82. The molecule has 1 aliphatic heterocycles. The number of hydrogen-bond donors (Lipinski definition) is 2. The molecule has 2 aromatic carbocycles. The Kier molecular flexibility index (Phi) is 10.3. The van der Waals surface area contributed by atoms with Gasteiger partial charge in [-0.2, -0.15) is 21.4 Å². The van der Waals surface area contributed by atoms with Gasteiger partial charge in [-0.15, -0.1) is 0 Å². The fraction of sp³-hybridized carbons (Fsp3) is 0.393. The number of thiazole rings is 1. The van der Waals surface area contributed by atoms with E-state index in [1.165, 1.54) is 0 Å². The van der Waals surface area contributed by atoms with Crippen LogP contribution in [0.1, 0.15) is 36.8 Å². The van der Waals surface area contributed by atoms with Crippen molar-refractivity contribution in [3.63, 3.8) is 0 Å². The van der Waals surface area contributed by atoms with E-state index in [1.54, 1.807) is 37.3 Å². The minimum absolute atomic E-state index is 0.240. The van der Waals surface area contributed by atoms with E-state index < -0.39 is 20.2 Å². The van der Waals surface area contributed by atoms with E-state index in [4.69, 9.17) is 9.47 Å². The van der Waals surface area contributed by atoms with E-state index in [0.717, 1.165) is 47.7 Å². The lowest BCUT2D eigenvalue weighted by Gasteiger charge is -2.21. The highest BCUT2D eigenvalue weighted by molar-refractivity contribution is 8.03. The largest absolute Gasteiger partial charge is 0.497 e. The van der Waals surface area contributed by atoms with E-state index in [2.05, 4.69) is 16.7 Å². The zero-order valence-electron chi connectivity index (χ0n) is 23.9. The van der Waals surface area contributed by atoms with Crippen LogP contribution in [0.5, 0.6) is 11.5 Å². The van der Waals surface area contributed by atoms with Crippen molar-refractivity contribution < 1.29 is 40.0 Å². The molecule has 4 rings (SSSR count). The number of nitrogens with zero attached hydrogens (tertiary/aromatic N) is 2. The van der Waals surface area contributed by atoms with E-state index >= 15 is 0 Å². The van der Waals surface area contributed by atoms with E-state index in [9.17, 15) is 25.9 Å². The first kappa shape index (κ1) is 32.3. The maximum Gasteiger partial charge on any atom is 0.265 e. The number of anilines is 1. The number of ether oxygens (including phenoxy) is 2. The second-order valence-electron chi connectivity index (χ2n) is 9.80. The van der Waals surface area contributed by atoms with Crippen LogP contribution in [-0.2, 0) is 26.8 Å². The van der Waals surface area contributed by atoms with Crippen molar-refractivity contribution in [3.8, 4) is 11.5 Å². The number of benzene rings is 2. The third-order valence-corrected chi connectivity index (χ3v) is 10.6. The predicted octanol–water partition coefficient (Wildman–Crippen LogP) is 5.32. The molecule has 0 aliphatic carbocycles. The summed E-state index contributed by atoms with van der Waals surface area (Å²) < 4.78 is 78.1. The van der Waals surface area contributed by atoms with E-state index in [-0.39, 0.29) is 24.3 Å². The Morgan fingerprint density at radius 1 is 1.02 bits per heavy atom. The van der Waals surface area contributed by atoms with Crippen LogP contribution in [0.15, 0.2) is 51.9 Å². The zero-order chi connectivity index (χ0) is 30.7. The van der Waals surface area contributed by atoms with Gasteiger partial charge in [0, 0.05) is 42.1 Å². The van der Waals surface area contributed by atoms with Crippen molar-refractivity contribution in [2.75, 3.05) is 37.2 Å². The first-order valence-corrected chi connectivity index (χ1v) is 18.1. The molecule has 0 fully saturated rings. The topological polar surface area (TPSA) is 134 Å². The molecule has 0 spiro atoms. The minimum atomic E-state index is -4.09. The molecule has 10 nitrogen and oxygen atoms in total. The number of methoxy groups -OCH3 is 2. The molecule has 3 aromatic rings. The Morgan fingerprint density at radius 3 is 2.38 bits per heavy atom. The first-order valence-electron chi connectivity index (χ1n) is 13.3. The Hall–Kier alpha value is -2.62. The van der Waals surface area contributed by atoms with Gasteiger partial charge in [0.2, 0.25) is 5.52 Å². The second-order valence-corrected chi connectivity index (χ2v) is 15.1. The number of aryl methyl sites for hydroxylation is 2. The van der Waals surface area contributed by atoms with Gasteiger partial charge in [-0.05, 0) is 49.1 Å². The molecular weight excluding hydrogens is 621 g/mol. The fourth-order valence-corrected chi connectivity index (χ4v) is 8.02. The van der Waals surface area contributed by atoms with Crippen molar-refractivity contribution in [2.24, 2.45) is 0 Å². The average molecular weight is 656 g/mol. The number of thioether (sulfide) groups is 1. The summed E-state index contributed by atoms with van der Waals surface area (Å²) in [4.78, 5) is 3.05. The molecule has 0 atom stereocenters. The van der Waals surface area contributed by atoms with Crippen molar-refractivity contribution >= 4 is 65.3 Å². The van der Waals surface area contributed by atoms with Gasteiger partial charge in [0.05, 0.1) is 36.4 Å². The van der Waals surface area contributed by atoms with Gasteiger partial charge in [-0.3, -0.25) is 9.11 Å². The SMILES string of the molecule is CCC(=C/c1sc2cc(OC)c(C)cc2[n+]1CCCS(=O)(=O)O)/C=C1/Sc2ccc(OC)cc2N1CCCS(=O)(=O)O. The summed E-state index contributed by atoms with van der Waals surface area (Å²) >= 11 is 3.14. The lowest BCUT2D eigenvalue weighted by Crippen LogP contribution is -2.36. The summed E-state index contributed by atoms with van der Waals surface area (Å²) in [7, 11) is -4.96. The third kappa shape index (κ3) is 8.05. The molecule has 1 aliphatic rings. The molecule has 2 N–H and O–H groups in total. The van der Waals surface area contributed by atoms with Gasteiger partial charge in [0.15, 0.2) is 6.54 Å². The molecular formula is C28H35N2O8S4+. The van der Waals surface area contributed by atoms with Crippen molar-refractivity contribution in [1.82, 2.24) is 0 Å². The number of hydrogen-bond acceptors (Lipinski definition) is 9. The van der Waals surface area contributed by atoms with Gasteiger partial charge in [0.25, 0.3) is 25.2 Å². The lowest BCUT2D eigenvalue weighted by molar-refractivity contribution is -0.668.